The van der Waals surface area contributed by atoms with Crippen molar-refractivity contribution in [2.75, 3.05) is 0 Å². The minimum atomic E-state index is -0.0495. The predicted molar refractivity (Wildman–Crippen MR) is 107 cm³/mol. The molecular weight excluding hydrogens is 352 g/mol. The van der Waals surface area contributed by atoms with Crippen molar-refractivity contribution in [1.82, 2.24) is 20.1 Å². The molecule has 0 saturated heterocycles. The minimum Gasteiger partial charge on any atom is -0.463 e. The van der Waals surface area contributed by atoms with E-state index in [0.717, 1.165) is 22.9 Å². The van der Waals surface area contributed by atoms with Crippen LogP contribution in [0.1, 0.15) is 48.7 Å². The molecule has 2 saturated carbocycles. The molecule has 2 fully saturated rings. The zero-order chi connectivity index (χ0) is 19.4. The lowest BCUT2D eigenvalue weighted by Gasteiger charge is -2.28. The highest BCUT2D eigenvalue weighted by Gasteiger charge is 2.42. The highest BCUT2D eigenvalue weighted by Crippen LogP contribution is 2.49. The number of hydrogen-bond acceptors (Lipinski definition) is 4. The molecule has 4 atom stereocenters. The van der Waals surface area contributed by atoms with Gasteiger partial charge in [-0.15, -0.1) is 0 Å². The van der Waals surface area contributed by atoms with Crippen LogP contribution in [0.15, 0.2) is 28.9 Å². The Morgan fingerprint density at radius 3 is 2.89 bits per heavy atom. The van der Waals surface area contributed by atoms with E-state index >= 15 is 0 Å². The molecule has 1 amide bonds. The third kappa shape index (κ3) is 2.74. The quantitative estimate of drug-likeness (QED) is 0.742. The number of rotatable bonds is 4. The molecule has 0 aromatic carbocycles. The van der Waals surface area contributed by atoms with Gasteiger partial charge in [0.2, 0.25) is 0 Å². The van der Waals surface area contributed by atoms with E-state index in [1.165, 1.54) is 25.7 Å². The number of pyridine rings is 1. The van der Waals surface area contributed by atoms with Gasteiger partial charge in [0.15, 0.2) is 11.4 Å². The van der Waals surface area contributed by atoms with Gasteiger partial charge in [-0.2, -0.15) is 5.10 Å². The van der Waals surface area contributed by atoms with Crippen LogP contribution in [-0.2, 0) is 7.05 Å². The average Bonchev–Trinajstić information content (AvgIpc) is 3.46. The smallest absolute Gasteiger partial charge is 0.252 e. The summed E-state index contributed by atoms with van der Waals surface area (Å²) in [5.41, 5.74) is 2.79. The van der Waals surface area contributed by atoms with Gasteiger partial charge in [0.05, 0.1) is 22.9 Å². The Balaban J connectivity index is 1.51. The Morgan fingerprint density at radius 2 is 2.21 bits per heavy atom. The minimum absolute atomic E-state index is 0.0495. The lowest BCUT2D eigenvalue weighted by atomic mass is 9.84. The Labute approximate surface area is 164 Å². The van der Waals surface area contributed by atoms with Crippen LogP contribution in [-0.4, -0.2) is 26.7 Å². The van der Waals surface area contributed by atoms with Gasteiger partial charge in [0.25, 0.3) is 5.91 Å². The van der Waals surface area contributed by atoms with Gasteiger partial charge < -0.3 is 9.73 Å². The second kappa shape index (κ2) is 6.47. The number of furan rings is 1. The fraction of sp³-hybridized carbons (Fsp3) is 0.500. The van der Waals surface area contributed by atoms with Crippen LogP contribution in [0.4, 0.5) is 0 Å². The highest BCUT2D eigenvalue weighted by atomic mass is 16.3. The zero-order valence-electron chi connectivity index (χ0n) is 16.6. The summed E-state index contributed by atoms with van der Waals surface area (Å²) in [7, 11) is 1.85. The van der Waals surface area contributed by atoms with Gasteiger partial charge in [0, 0.05) is 13.1 Å². The summed E-state index contributed by atoms with van der Waals surface area (Å²) >= 11 is 0. The molecule has 146 valence electrons. The van der Waals surface area contributed by atoms with Crippen LogP contribution in [0, 0.1) is 24.7 Å². The Kier molecular flexibility index (Phi) is 4.03. The van der Waals surface area contributed by atoms with Crippen molar-refractivity contribution in [3.8, 4) is 11.5 Å². The summed E-state index contributed by atoms with van der Waals surface area (Å²) in [6, 6.07) is 5.69. The molecule has 3 heterocycles. The van der Waals surface area contributed by atoms with E-state index in [1.54, 1.807) is 10.9 Å². The van der Waals surface area contributed by atoms with Crippen LogP contribution in [0.5, 0.6) is 0 Å². The van der Waals surface area contributed by atoms with Crippen LogP contribution in [0.2, 0.25) is 0 Å². The van der Waals surface area contributed by atoms with E-state index in [1.807, 2.05) is 32.2 Å². The molecule has 1 N–H and O–H groups in total. The normalized spacial score (nSPS) is 24.8. The second-order valence-corrected chi connectivity index (χ2v) is 8.54. The lowest BCUT2D eigenvalue weighted by Crippen LogP contribution is -2.40. The number of aryl methyl sites for hydroxylation is 2. The van der Waals surface area contributed by atoms with Gasteiger partial charge >= 0.3 is 0 Å². The van der Waals surface area contributed by atoms with E-state index in [-0.39, 0.29) is 11.9 Å². The molecule has 28 heavy (non-hydrogen) atoms. The van der Waals surface area contributed by atoms with Crippen molar-refractivity contribution >= 4 is 16.9 Å². The largest absolute Gasteiger partial charge is 0.463 e. The number of aromatic nitrogens is 3. The first-order chi connectivity index (χ1) is 13.5. The van der Waals surface area contributed by atoms with Crippen LogP contribution >= 0.6 is 0 Å². The standard InChI is InChI=1S/C22H26N4O2/c1-12(16-10-14-6-7-15(16)9-14)23-22(27)17-11-18(19-5-4-8-28-19)24-21-20(17)13(2)25-26(21)3/h4-5,8,11-12,14-16H,6-7,9-10H2,1-3H3,(H,23,27)/t12-,14-,15-,16+/m0/s1. The molecule has 3 aromatic heterocycles. The van der Waals surface area contributed by atoms with Gasteiger partial charge in [-0.25, -0.2) is 4.98 Å². The van der Waals surface area contributed by atoms with Crippen molar-refractivity contribution in [3.63, 3.8) is 0 Å². The van der Waals surface area contributed by atoms with E-state index in [4.69, 9.17) is 9.40 Å². The van der Waals surface area contributed by atoms with Crippen molar-refractivity contribution in [1.29, 1.82) is 0 Å². The number of fused-ring (bicyclic) bond motifs is 3. The van der Waals surface area contributed by atoms with E-state index in [2.05, 4.69) is 17.3 Å². The number of carbonyl (C=O) groups excluding carboxylic acids is 1. The van der Waals surface area contributed by atoms with E-state index in [9.17, 15) is 4.79 Å². The fourth-order valence-corrected chi connectivity index (χ4v) is 5.47. The first kappa shape index (κ1) is 17.5. The summed E-state index contributed by atoms with van der Waals surface area (Å²) in [6.07, 6.45) is 6.90. The van der Waals surface area contributed by atoms with Crippen LogP contribution in [0.25, 0.3) is 22.5 Å². The van der Waals surface area contributed by atoms with Crippen molar-refractivity contribution in [2.24, 2.45) is 24.8 Å². The highest BCUT2D eigenvalue weighted by molar-refractivity contribution is 6.07. The fourth-order valence-electron chi connectivity index (χ4n) is 5.47. The molecule has 6 heteroatoms. The molecule has 2 aliphatic carbocycles. The summed E-state index contributed by atoms with van der Waals surface area (Å²) in [4.78, 5) is 18.0. The third-order valence-electron chi connectivity index (χ3n) is 6.78. The maximum Gasteiger partial charge on any atom is 0.252 e. The van der Waals surface area contributed by atoms with E-state index in [0.29, 0.717) is 28.6 Å². The topological polar surface area (TPSA) is 73.0 Å². The molecule has 0 aliphatic heterocycles. The summed E-state index contributed by atoms with van der Waals surface area (Å²) in [6.45, 7) is 4.08. The van der Waals surface area contributed by atoms with Crippen molar-refractivity contribution < 1.29 is 9.21 Å². The predicted octanol–water partition coefficient (Wildman–Crippen LogP) is 4.09. The summed E-state index contributed by atoms with van der Waals surface area (Å²) in [5, 5.41) is 8.59. The van der Waals surface area contributed by atoms with Gasteiger partial charge in [-0.1, -0.05) is 6.42 Å². The Hall–Kier alpha value is -2.63. The number of amides is 1. The molecule has 6 nitrogen and oxygen atoms in total. The zero-order valence-corrected chi connectivity index (χ0v) is 16.6. The summed E-state index contributed by atoms with van der Waals surface area (Å²) < 4.78 is 7.25. The van der Waals surface area contributed by atoms with Crippen molar-refractivity contribution in [3.05, 3.63) is 35.7 Å². The molecule has 3 aromatic rings. The maximum atomic E-state index is 13.3. The monoisotopic (exact) mass is 378 g/mol. The number of nitrogens with zero attached hydrogens (tertiary/aromatic N) is 3. The number of nitrogens with one attached hydrogen (secondary N) is 1. The Morgan fingerprint density at radius 1 is 1.36 bits per heavy atom. The van der Waals surface area contributed by atoms with Crippen molar-refractivity contribution in [2.45, 2.75) is 45.6 Å². The van der Waals surface area contributed by atoms with Gasteiger partial charge in [-0.3, -0.25) is 9.48 Å². The Bertz CT molecular complexity index is 1040. The second-order valence-electron chi connectivity index (χ2n) is 8.54. The maximum absolute atomic E-state index is 13.3. The molecule has 2 aliphatic rings. The van der Waals surface area contributed by atoms with Crippen LogP contribution in [0.3, 0.4) is 0 Å². The molecule has 0 radical (unpaired) electrons. The molecular formula is C22H26N4O2. The first-order valence-electron chi connectivity index (χ1n) is 10.2. The summed E-state index contributed by atoms with van der Waals surface area (Å²) in [5.74, 6) is 2.84. The molecule has 2 bridgehead atoms. The number of carbonyl (C=O) groups is 1. The van der Waals surface area contributed by atoms with Gasteiger partial charge in [0.1, 0.15) is 5.69 Å². The number of hydrogen-bond donors (Lipinski definition) is 1. The van der Waals surface area contributed by atoms with Crippen LogP contribution < -0.4 is 5.32 Å². The average molecular weight is 378 g/mol. The van der Waals surface area contributed by atoms with Gasteiger partial charge in [-0.05, 0) is 69.1 Å². The molecule has 5 rings (SSSR count). The first-order valence-corrected chi connectivity index (χ1v) is 10.2. The SMILES string of the molecule is Cc1nn(C)c2nc(-c3ccco3)cc(C(=O)N[C@@H](C)[C@H]3C[C@H]4CC[C@H]3C4)c12. The van der Waals surface area contributed by atoms with E-state index < -0.39 is 0 Å². The molecule has 0 unspecified atom stereocenters. The molecule has 0 spiro atoms. The third-order valence-corrected chi connectivity index (χ3v) is 6.78. The lowest BCUT2D eigenvalue weighted by molar-refractivity contribution is 0.0917.